The molecule has 0 radical (unpaired) electrons. The first kappa shape index (κ1) is 21.1. The third kappa shape index (κ3) is 4.19. The topological polar surface area (TPSA) is 104 Å². The van der Waals surface area contributed by atoms with Gasteiger partial charge >= 0.3 is 6.18 Å². The van der Waals surface area contributed by atoms with E-state index in [1.54, 1.807) is 4.90 Å². The molecule has 0 aliphatic carbocycles. The predicted octanol–water partition coefficient (Wildman–Crippen LogP) is 3.08. The third-order valence-corrected chi connectivity index (χ3v) is 5.10. The lowest BCUT2D eigenvalue weighted by Crippen LogP contribution is -2.33. The summed E-state index contributed by atoms with van der Waals surface area (Å²) in [5.74, 6) is -0.459. The molecule has 162 valence electrons. The van der Waals surface area contributed by atoms with Crippen molar-refractivity contribution in [2.75, 3.05) is 11.4 Å². The van der Waals surface area contributed by atoms with Crippen molar-refractivity contribution in [3.63, 3.8) is 0 Å². The molecule has 3 heterocycles. The Morgan fingerprint density at radius 3 is 2.77 bits per heavy atom. The van der Waals surface area contributed by atoms with E-state index in [4.69, 9.17) is 16.3 Å². The van der Waals surface area contributed by atoms with Crippen molar-refractivity contribution in [2.45, 2.75) is 25.7 Å². The molecule has 0 saturated carbocycles. The van der Waals surface area contributed by atoms with Crippen molar-refractivity contribution in [1.82, 2.24) is 20.2 Å². The fourth-order valence-corrected chi connectivity index (χ4v) is 3.50. The Kier molecular flexibility index (Phi) is 5.54. The number of aliphatic hydroxyl groups excluding tert-OH is 1. The third-order valence-electron chi connectivity index (χ3n) is 4.73. The largest absolute Gasteiger partial charge is 0.438 e. The Morgan fingerprint density at radius 2 is 2.03 bits per heavy atom. The van der Waals surface area contributed by atoms with E-state index in [9.17, 15) is 23.1 Å². The summed E-state index contributed by atoms with van der Waals surface area (Å²) in [5.41, 5.74) is -0.131. The van der Waals surface area contributed by atoms with Crippen LogP contribution in [0.15, 0.2) is 35.3 Å². The molecule has 0 amide bonds. The molecular formula is C19H15ClF3N5O3. The van der Waals surface area contributed by atoms with Gasteiger partial charge in [-0.25, -0.2) is 10.1 Å². The number of aliphatic hydroxyl groups is 1. The normalized spacial score (nSPS) is 13.8. The van der Waals surface area contributed by atoms with E-state index in [2.05, 4.69) is 20.2 Å². The van der Waals surface area contributed by atoms with Gasteiger partial charge in [-0.15, -0.1) is 0 Å². The Bertz CT molecular complexity index is 1190. The zero-order chi connectivity index (χ0) is 22.2. The van der Waals surface area contributed by atoms with Gasteiger partial charge in [0, 0.05) is 12.1 Å². The lowest BCUT2D eigenvalue weighted by Gasteiger charge is -2.30. The van der Waals surface area contributed by atoms with Crippen LogP contribution in [0.25, 0.3) is 0 Å². The fourth-order valence-electron chi connectivity index (χ4n) is 3.29. The second-order valence-electron chi connectivity index (χ2n) is 6.69. The fraction of sp³-hybridized carbons (Fsp3) is 0.263. The van der Waals surface area contributed by atoms with Crippen molar-refractivity contribution in [1.29, 1.82) is 0 Å². The first-order valence-corrected chi connectivity index (χ1v) is 9.47. The number of fused-ring (bicyclic) bond motifs is 1. The van der Waals surface area contributed by atoms with Crippen LogP contribution in [0.3, 0.4) is 0 Å². The number of halogens is 4. The number of alkyl halides is 3. The smallest absolute Gasteiger partial charge is 0.419 e. The van der Waals surface area contributed by atoms with Crippen LogP contribution < -0.4 is 15.2 Å². The summed E-state index contributed by atoms with van der Waals surface area (Å²) in [4.78, 5) is 21.9. The highest BCUT2D eigenvalue weighted by atomic mass is 35.5. The van der Waals surface area contributed by atoms with Crippen LogP contribution in [0, 0.1) is 0 Å². The van der Waals surface area contributed by atoms with Crippen LogP contribution in [0.4, 0.5) is 18.9 Å². The number of benzene rings is 1. The van der Waals surface area contributed by atoms with E-state index in [0.717, 1.165) is 6.07 Å². The molecule has 4 rings (SSSR count). The molecule has 3 aromatic rings. The molecule has 2 N–H and O–H groups in total. The summed E-state index contributed by atoms with van der Waals surface area (Å²) >= 11 is 6.08. The van der Waals surface area contributed by atoms with Crippen molar-refractivity contribution < 1.29 is 23.0 Å². The molecule has 0 spiro atoms. The first-order chi connectivity index (χ1) is 14.8. The number of hydrogen-bond donors (Lipinski definition) is 2. The van der Waals surface area contributed by atoms with Gasteiger partial charge in [0.2, 0.25) is 5.88 Å². The van der Waals surface area contributed by atoms with Crippen LogP contribution in [-0.4, -0.2) is 31.8 Å². The van der Waals surface area contributed by atoms with Crippen molar-refractivity contribution in [2.24, 2.45) is 0 Å². The van der Waals surface area contributed by atoms with Gasteiger partial charge in [0.05, 0.1) is 29.7 Å². The number of nitrogens with one attached hydrogen (secondary N) is 1. The van der Waals surface area contributed by atoms with Crippen LogP contribution in [-0.2, 0) is 25.7 Å². The van der Waals surface area contributed by atoms with E-state index >= 15 is 0 Å². The lowest BCUT2D eigenvalue weighted by atomic mass is 10.1. The molecule has 2 aromatic heterocycles. The zero-order valence-electron chi connectivity index (χ0n) is 15.8. The summed E-state index contributed by atoms with van der Waals surface area (Å²) in [5, 5.41) is 15.5. The maximum absolute atomic E-state index is 13.3. The Hall–Kier alpha value is -3.18. The lowest BCUT2D eigenvalue weighted by molar-refractivity contribution is -0.138. The van der Waals surface area contributed by atoms with E-state index in [1.807, 2.05) is 0 Å². The maximum Gasteiger partial charge on any atom is 0.419 e. The zero-order valence-corrected chi connectivity index (χ0v) is 16.5. The van der Waals surface area contributed by atoms with Crippen LogP contribution in [0.1, 0.15) is 22.6 Å². The Morgan fingerprint density at radius 1 is 1.26 bits per heavy atom. The molecule has 0 saturated heterocycles. The summed E-state index contributed by atoms with van der Waals surface area (Å²) in [6.45, 7) is 0.0157. The van der Waals surface area contributed by atoms with Gasteiger partial charge in [-0.3, -0.25) is 4.79 Å². The van der Waals surface area contributed by atoms with Gasteiger partial charge in [0.1, 0.15) is 17.4 Å². The second-order valence-corrected chi connectivity index (χ2v) is 7.07. The molecule has 0 fully saturated rings. The minimum Gasteiger partial charge on any atom is -0.438 e. The summed E-state index contributed by atoms with van der Waals surface area (Å²) in [7, 11) is 0. The highest BCUT2D eigenvalue weighted by Gasteiger charge is 2.35. The summed E-state index contributed by atoms with van der Waals surface area (Å²) < 4.78 is 45.6. The minimum absolute atomic E-state index is 0.00443. The minimum atomic E-state index is -4.61. The van der Waals surface area contributed by atoms with Crippen molar-refractivity contribution in [3.05, 3.63) is 68.5 Å². The van der Waals surface area contributed by atoms with Crippen molar-refractivity contribution in [3.8, 4) is 11.6 Å². The number of ether oxygens (including phenoxy) is 1. The van der Waals surface area contributed by atoms with Crippen LogP contribution in [0.2, 0.25) is 5.02 Å². The van der Waals surface area contributed by atoms with Gasteiger partial charge in [-0.05, 0) is 18.6 Å². The van der Waals surface area contributed by atoms with Crippen LogP contribution in [0.5, 0.6) is 11.6 Å². The molecule has 0 unspecified atom stereocenters. The molecule has 1 aliphatic heterocycles. The summed E-state index contributed by atoms with van der Waals surface area (Å²) in [6.07, 6.45) is -2.89. The van der Waals surface area contributed by atoms with Gasteiger partial charge < -0.3 is 14.7 Å². The number of aromatic amines is 1. The standard InChI is InChI=1S/C19H15ClF3N5O3/c20-16-13(7-24-27-17(16)30)28-6-5-10-12(8-28)25-15(9-29)26-18(10)31-14-4-2-1-3-11(14)19(21,22)23/h1-4,7,29H,5-6,8-9H2,(H,27,30). The monoisotopic (exact) mass is 453 g/mol. The Labute approximate surface area is 178 Å². The molecule has 31 heavy (non-hydrogen) atoms. The van der Waals surface area contributed by atoms with Gasteiger partial charge in [-0.1, -0.05) is 23.7 Å². The molecule has 8 nitrogen and oxygen atoms in total. The highest BCUT2D eigenvalue weighted by Crippen LogP contribution is 2.39. The number of anilines is 1. The molecule has 0 atom stereocenters. The quantitative estimate of drug-likeness (QED) is 0.625. The Balaban J connectivity index is 1.72. The predicted molar refractivity (Wildman–Crippen MR) is 104 cm³/mol. The number of aromatic nitrogens is 4. The molecule has 12 heteroatoms. The maximum atomic E-state index is 13.3. The number of H-pyrrole nitrogens is 1. The van der Waals surface area contributed by atoms with Gasteiger partial charge in [-0.2, -0.15) is 23.3 Å². The van der Waals surface area contributed by atoms with Gasteiger partial charge in [0.15, 0.2) is 5.82 Å². The van der Waals surface area contributed by atoms with Crippen LogP contribution >= 0.6 is 11.6 Å². The molecule has 0 bridgehead atoms. The van der Waals surface area contributed by atoms with Gasteiger partial charge in [0.25, 0.3) is 5.56 Å². The average Bonchev–Trinajstić information content (AvgIpc) is 2.74. The van der Waals surface area contributed by atoms with E-state index in [-0.39, 0.29) is 23.3 Å². The SMILES string of the molecule is O=c1[nH]ncc(N2CCc3c(nc(CO)nc3Oc3ccccc3C(F)(F)F)C2)c1Cl. The van der Waals surface area contributed by atoms with Crippen molar-refractivity contribution >= 4 is 17.3 Å². The molecule has 1 aromatic carbocycles. The molecular weight excluding hydrogens is 439 g/mol. The average molecular weight is 454 g/mol. The second kappa shape index (κ2) is 8.16. The first-order valence-electron chi connectivity index (χ1n) is 9.09. The number of nitrogens with zero attached hydrogens (tertiary/aromatic N) is 4. The van der Waals surface area contributed by atoms with E-state index in [1.165, 1.54) is 24.4 Å². The summed E-state index contributed by atoms with van der Waals surface area (Å²) in [6, 6.07) is 4.81. The number of rotatable bonds is 4. The molecule has 1 aliphatic rings. The van der Waals surface area contributed by atoms with E-state index < -0.39 is 29.7 Å². The number of hydrogen-bond acceptors (Lipinski definition) is 7. The highest BCUT2D eigenvalue weighted by molar-refractivity contribution is 6.33. The van der Waals surface area contributed by atoms with E-state index in [0.29, 0.717) is 29.9 Å². The number of para-hydroxylation sites is 1.